The monoisotopic (exact) mass is 334 g/mol. The number of aryl methyl sites for hydroxylation is 2. The van der Waals surface area contributed by atoms with Crippen molar-refractivity contribution in [3.63, 3.8) is 0 Å². The van der Waals surface area contributed by atoms with E-state index in [1.165, 1.54) is 18.4 Å². The number of hydrogen-bond acceptors (Lipinski definition) is 3. The summed E-state index contributed by atoms with van der Waals surface area (Å²) in [6.45, 7) is 6.22. The predicted molar refractivity (Wildman–Crippen MR) is 98.8 cm³/mol. The number of nitrogens with zero attached hydrogens (tertiary/aromatic N) is 3. The molecule has 128 valence electrons. The fourth-order valence-electron chi connectivity index (χ4n) is 3.37. The third-order valence-corrected chi connectivity index (χ3v) is 5.03. The van der Waals surface area contributed by atoms with Gasteiger partial charge in [-0.15, -0.1) is 0 Å². The first-order valence-electron chi connectivity index (χ1n) is 8.72. The zero-order valence-corrected chi connectivity index (χ0v) is 14.8. The SMILES string of the molecule is Cc1cccc(NC(=O)Cn2nc(C)c3c(C4CC4)ccnc32)c1C. The van der Waals surface area contributed by atoms with Gasteiger partial charge in [0.05, 0.1) is 5.69 Å². The van der Waals surface area contributed by atoms with E-state index >= 15 is 0 Å². The second-order valence-electron chi connectivity index (χ2n) is 6.91. The molecule has 1 aliphatic carbocycles. The van der Waals surface area contributed by atoms with Gasteiger partial charge >= 0.3 is 0 Å². The van der Waals surface area contributed by atoms with E-state index in [2.05, 4.69) is 21.5 Å². The van der Waals surface area contributed by atoms with Gasteiger partial charge in [0, 0.05) is 17.3 Å². The van der Waals surface area contributed by atoms with E-state index in [9.17, 15) is 4.79 Å². The van der Waals surface area contributed by atoms with Crippen molar-refractivity contribution in [2.24, 2.45) is 0 Å². The number of benzene rings is 1. The standard InChI is InChI=1S/C20H22N4O/c1-12-5-4-6-17(13(12)2)22-18(25)11-24-20-19(14(3)23-24)16(9-10-21-20)15-7-8-15/h4-6,9-10,15H,7-8,11H2,1-3H3,(H,22,25). The van der Waals surface area contributed by atoms with Gasteiger partial charge in [0.1, 0.15) is 6.54 Å². The molecule has 0 unspecified atom stereocenters. The van der Waals surface area contributed by atoms with E-state index in [1.807, 2.05) is 45.2 Å². The van der Waals surface area contributed by atoms with Crippen molar-refractivity contribution in [2.45, 2.75) is 46.1 Å². The molecule has 0 aliphatic heterocycles. The van der Waals surface area contributed by atoms with Crippen molar-refractivity contribution in [1.82, 2.24) is 14.8 Å². The zero-order chi connectivity index (χ0) is 17.6. The Balaban J connectivity index is 1.61. The summed E-state index contributed by atoms with van der Waals surface area (Å²) < 4.78 is 1.72. The molecule has 0 saturated heterocycles. The van der Waals surface area contributed by atoms with E-state index in [4.69, 9.17) is 0 Å². The number of anilines is 1. The molecule has 1 aliphatic rings. The van der Waals surface area contributed by atoms with Gasteiger partial charge < -0.3 is 5.32 Å². The lowest BCUT2D eigenvalue weighted by atomic mass is 10.1. The number of hydrogen-bond donors (Lipinski definition) is 1. The van der Waals surface area contributed by atoms with Gasteiger partial charge in [0.15, 0.2) is 5.65 Å². The number of rotatable bonds is 4. The van der Waals surface area contributed by atoms with E-state index < -0.39 is 0 Å². The molecular formula is C20H22N4O. The minimum atomic E-state index is -0.0864. The smallest absolute Gasteiger partial charge is 0.246 e. The van der Waals surface area contributed by atoms with Crippen molar-refractivity contribution < 1.29 is 4.79 Å². The first-order valence-corrected chi connectivity index (χ1v) is 8.72. The highest BCUT2D eigenvalue weighted by Gasteiger charge is 2.27. The van der Waals surface area contributed by atoms with Crippen LogP contribution in [-0.4, -0.2) is 20.7 Å². The Morgan fingerprint density at radius 2 is 2.04 bits per heavy atom. The number of pyridine rings is 1. The van der Waals surface area contributed by atoms with E-state index in [1.54, 1.807) is 4.68 Å². The van der Waals surface area contributed by atoms with Crippen LogP contribution in [0.4, 0.5) is 5.69 Å². The average Bonchev–Trinajstić information content (AvgIpc) is 3.38. The summed E-state index contributed by atoms with van der Waals surface area (Å²) in [5, 5.41) is 8.69. The van der Waals surface area contributed by atoms with Crippen LogP contribution in [0.3, 0.4) is 0 Å². The third kappa shape index (κ3) is 2.90. The molecule has 0 atom stereocenters. The molecule has 2 heterocycles. The fraction of sp³-hybridized carbons (Fsp3) is 0.350. The molecule has 0 spiro atoms. The molecule has 0 radical (unpaired) electrons. The number of carbonyl (C=O) groups is 1. The van der Waals surface area contributed by atoms with Crippen LogP contribution in [0.25, 0.3) is 11.0 Å². The molecule has 1 fully saturated rings. The van der Waals surface area contributed by atoms with Gasteiger partial charge in [0.2, 0.25) is 5.91 Å². The maximum atomic E-state index is 12.5. The van der Waals surface area contributed by atoms with Gasteiger partial charge in [-0.1, -0.05) is 12.1 Å². The van der Waals surface area contributed by atoms with E-state index in [-0.39, 0.29) is 12.5 Å². The van der Waals surface area contributed by atoms with Crippen LogP contribution in [0.1, 0.15) is 41.1 Å². The summed E-state index contributed by atoms with van der Waals surface area (Å²) in [6.07, 6.45) is 4.30. The van der Waals surface area contributed by atoms with Crippen molar-refractivity contribution in [1.29, 1.82) is 0 Å². The predicted octanol–water partition coefficient (Wildman–Crippen LogP) is 3.87. The Bertz CT molecular complexity index is 969. The van der Waals surface area contributed by atoms with Crippen LogP contribution in [0.5, 0.6) is 0 Å². The second kappa shape index (κ2) is 5.99. The molecule has 1 aromatic carbocycles. The maximum Gasteiger partial charge on any atom is 0.246 e. The van der Waals surface area contributed by atoms with Gasteiger partial charge in [-0.2, -0.15) is 5.10 Å². The minimum absolute atomic E-state index is 0.0864. The van der Waals surface area contributed by atoms with Crippen molar-refractivity contribution in [3.8, 4) is 0 Å². The Hall–Kier alpha value is -2.69. The Kier molecular flexibility index (Phi) is 3.79. The second-order valence-corrected chi connectivity index (χ2v) is 6.91. The summed E-state index contributed by atoms with van der Waals surface area (Å²) in [7, 11) is 0. The molecule has 25 heavy (non-hydrogen) atoms. The topological polar surface area (TPSA) is 59.8 Å². The molecule has 0 bridgehead atoms. The lowest BCUT2D eigenvalue weighted by Gasteiger charge is -2.10. The summed E-state index contributed by atoms with van der Waals surface area (Å²) in [5.74, 6) is 0.544. The largest absolute Gasteiger partial charge is 0.324 e. The van der Waals surface area contributed by atoms with Gasteiger partial charge in [-0.3, -0.25) is 4.79 Å². The molecule has 5 nitrogen and oxygen atoms in total. The van der Waals surface area contributed by atoms with Crippen LogP contribution in [0, 0.1) is 20.8 Å². The van der Waals surface area contributed by atoms with Crippen molar-refractivity contribution in [2.75, 3.05) is 5.32 Å². The van der Waals surface area contributed by atoms with Gasteiger partial charge in [0.25, 0.3) is 0 Å². The Labute approximate surface area is 147 Å². The van der Waals surface area contributed by atoms with Crippen LogP contribution in [-0.2, 0) is 11.3 Å². The number of carbonyl (C=O) groups excluding carboxylic acids is 1. The highest BCUT2D eigenvalue weighted by molar-refractivity contribution is 5.92. The summed E-state index contributed by atoms with van der Waals surface area (Å²) >= 11 is 0. The van der Waals surface area contributed by atoms with Crippen LogP contribution >= 0.6 is 0 Å². The molecule has 2 aromatic heterocycles. The minimum Gasteiger partial charge on any atom is -0.324 e. The lowest BCUT2D eigenvalue weighted by Crippen LogP contribution is -2.20. The van der Waals surface area contributed by atoms with E-state index in [0.29, 0.717) is 5.92 Å². The number of fused-ring (bicyclic) bond motifs is 1. The Morgan fingerprint density at radius 3 is 2.80 bits per heavy atom. The highest BCUT2D eigenvalue weighted by atomic mass is 16.2. The zero-order valence-electron chi connectivity index (χ0n) is 14.8. The Morgan fingerprint density at radius 1 is 1.24 bits per heavy atom. The third-order valence-electron chi connectivity index (χ3n) is 5.03. The van der Waals surface area contributed by atoms with Crippen molar-refractivity contribution in [3.05, 3.63) is 52.8 Å². The molecule has 5 heteroatoms. The van der Waals surface area contributed by atoms with Crippen LogP contribution < -0.4 is 5.32 Å². The highest BCUT2D eigenvalue weighted by Crippen LogP contribution is 2.43. The number of nitrogens with one attached hydrogen (secondary N) is 1. The first-order chi connectivity index (χ1) is 12.0. The lowest BCUT2D eigenvalue weighted by molar-refractivity contribution is -0.116. The molecule has 1 amide bonds. The van der Waals surface area contributed by atoms with Crippen LogP contribution in [0.2, 0.25) is 0 Å². The van der Waals surface area contributed by atoms with Crippen LogP contribution in [0.15, 0.2) is 30.5 Å². The molecule has 1 N–H and O–H groups in total. The number of amides is 1. The summed E-state index contributed by atoms with van der Waals surface area (Å²) in [5.41, 5.74) is 6.18. The molecule has 3 aromatic rings. The normalized spacial score (nSPS) is 14.0. The fourth-order valence-corrected chi connectivity index (χ4v) is 3.37. The molecule has 1 saturated carbocycles. The summed E-state index contributed by atoms with van der Waals surface area (Å²) in [4.78, 5) is 17.0. The average molecular weight is 334 g/mol. The molecule has 4 rings (SSSR count). The van der Waals surface area contributed by atoms with Gasteiger partial charge in [-0.05, 0) is 68.4 Å². The maximum absolute atomic E-state index is 12.5. The quantitative estimate of drug-likeness (QED) is 0.788. The molecular weight excluding hydrogens is 312 g/mol. The number of aromatic nitrogens is 3. The first kappa shape index (κ1) is 15.8. The van der Waals surface area contributed by atoms with E-state index in [0.717, 1.165) is 33.5 Å². The van der Waals surface area contributed by atoms with Gasteiger partial charge in [-0.25, -0.2) is 9.67 Å². The van der Waals surface area contributed by atoms with Crippen molar-refractivity contribution >= 4 is 22.6 Å². The summed E-state index contributed by atoms with van der Waals surface area (Å²) in [6, 6.07) is 8.01.